The van der Waals surface area contributed by atoms with Crippen molar-refractivity contribution in [2.45, 2.75) is 39.7 Å². The van der Waals surface area contributed by atoms with Crippen LogP contribution in [0.25, 0.3) is 0 Å². The molecule has 1 fully saturated rings. The van der Waals surface area contributed by atoms with Crippen LogP contribution in [-0.2, 0) is 11.3 Å². The van der Waals surface area contributed by atoms with E-state index in [2.05, 4.69) is 17.2 Å². The Kier molecular flexibility index (Phi) is 8.43. The zero-order chi connectivity index (χ0) is 15.1. The summed E-state index contributed by atoms with van der Waals surface area (Å²) in [7, 11) is 0. The summed E-state index contributed by atoms with van der Waals surface area (Å²) in [6.45, 7) is 7.90. The van der Waals surface area contributed by atoms with E-state index in [1.807, 2.05) is 24.0 Å². The highest BCUT2D eigenvalue weighted by Crippen LogP contribution is 2.23. The highest BCUT2D eigenvalue weighted by Gasteiger charge is 2.23. The number of carbonyl (C=O) groups excluding carboxylic acids is 1. The van der Waals surface area contributed by atoms with Gasteiger partial charge in [-0.2, -0.15) is 0 Å². The first-order valence-corrected chi connectivity index (χ1v) is 8.08. The van der Waals surface area contributed by atoms with Gasteiger partial charge in [-0.1, -0.05) is 6.92 Å². The van der Waals surface area contributed by atoms with Crippen LogP contribution in [0.5, 0.6) is 0 Å². The smallest absolute Gasteiger partial charge is 0.223 e. The van der Waals surface area contributed by atoms with Crippen molar-refractivity contribution in [2.75, 3.05) is 19.6 Å². The van der Waals surface area contributed by atoms with Crippen LogP contribution >= 0.6 is 12.4 Å². The molecule has 2 heterocycles. The molecular weight excluding hydrogens is 298 g/mol. The lowest BCUT2D eigenvalue weighted by molar-refractivity contribution is -0.133. The Bertz CT molecular complexity index is 435. The Balaban J connectivity index is 0.00000242. The van der Waals surface area contributed by atoms with Crippen molar-refractivity contribution in [3.05, 3.63) is 30.1 Å². The Morgan fingerprint density at radius 3 is 2.77 bits per heavy atom. The number of hydrogen-bond donors (Lipinski definition) is 1. The number of amides is 1. The van der Waals surface area contributed by atoms with Gasteiger partial charge in [0.15, 0.2) is 0 Å². The highest BCUT2D eigenvalue weighted by atomic mass is 35.5. The molecule has 0 bridgehead atoms. The molecule has 4 nitrogen and oxygen atoms in total. The van der Waals surface area contributed by atoms with E-state index in [1.165, 1.54) is 12.8 Å². The van der Waals surface area contributed by atoms with Crippen LogP contribution in [0.3, 0.4) is 0 Å². The van der Waals surface area contributed by atoms with Crippen LogP contribution < -0.4 is 5.32 Å². The van der Waals surface area contributed by atoms with Crippen molar-refractivity contribution < 1.29 is 4.79 Å². The normalized spacial score (nSPS) is 19.1. The van der Waals surface area contributed by atoms with Crippen LogP contribution in [0.4, 0.5) is 0 Å². The molecule has 1 N–H and O–H groups in total. The van der Waals surface area contributed by atoms with Crippen LogP contribution in [0.15, 0.2) is 24.5 Å². The number of nitrogens with one attached hydrogen (secondary N) is 1. The van der Waals surface area contributed by atoms with E-state index in [1.54, 1.807) is 12.4 Å². The zero-order valence-electron chi connectivity index (χ0n) is 13.6. The summed E-state index contributed by atoms with van der Waals surface area (Å²) in [4.78, 5) is 18.5. The van der Waals surface area contributed by atoms with Gasteiger partial charge in [-0.3, -0.25) is 9.78 Å². The fraction of sp³-hybridized carbons (Fsp3) is 0.647. The molecule has 2 atom stereocenters. The first-order chi connectivity index (χ1) is 10.2. The lowest BCUT2D eigenvalue weighted by Crippen LogP contribution is -2.37. The summed E-state index contributed by atoms with van der Waals surface area (Å²) in [6.07, 6.45) is 6.70. The van der Waals surface area contributed by atoms with E-state index in [-0.39, 0.29) is 18.3 Å². The van der Waals surface area contributed by atoms with Gasteiger partial charge in [0.2, 0.25) is 5.91 Å². The Morgan fingerprint density at radius 2 is 2.18 bits per heavy atom. The van der Waals surface area contributed by atoms with Crippen molar-refractivity contribution in [1.29, 1.82) is 0 Å². The van der Waals surface area contributed by atoms with Gasteiger partial charge in [0.1, 0.15) is 0 Å². The Hall–Kier alpha value is -1.13. The molecular formula is C17H28ClN3O. The molecule has 2 rings (SSSR count). The number of hydrogen-bond acceptors (Lipinski definition) is 3. The highest BCUT2D eigenvalue weighted by molar-refractivity contribution is 5.85. The Labute approximate surface area is 140 Å². The number of carbonyl (C=O) groups is 1. The third-order valence-corrected chi connectivity index (χ3v) is 4.49. The van der Waals surface area contributed by atoms with E-state index in [0.29, 0.717) is 24.8 Å². The third kappa shape index (κ3) is 5.58. The van der Waals surface area contributed by atoms with Crippen LogP contribution in [0.2, 0.25) is 0 Å². The number of halogens is 1. The minimum Gasteiger partial charge on any atom is -0.339 e. The SMILES string of the molecule is CCN(Cc1ccncc1)C(=O)CC(C)C1CCCNC1.Cl. The predicted octanol–water partition coefficient (Wildman–Crippen LogP) is 2.88. The maximum absolute atomic E-state index is 12.5. The molecule has 1 aromatic heterocycles. The fourth-order valence-electron chi connectivity index (χ4n) is 3.02. The summed E-state index contributed by atoms with van der Waals surface area (Å²) in [6, 6.07) is 3.95. The van der Waals surface area contributed by atoms with E-state index < -0.39 is 0 Å². The Morgan fingerprint density at radius 1 is 1.45 bits per heavy atom. The van der Waals surface area contributed by atoms with Gasteiger partial charge in [-0.05, 0) is 62.4 Å². The van der Waals surface area contributed by atoms with Gasteiger partial charge < -0.3 is 10.2 Å². The second-order valence-electron chi connectivity index (χ2n) is 6.05. The molecule has 1 aliphatic heterocycles. The zero-order valence-corrected chi connectivity index (χ0v) is 14.4. The summed E-state index contributed by atoms with van der Waals surface area (Å²) in [5.41, 5.74) is 1.15. The van der Waals surface area contributed by atoms with Crippen molar-refractivity contribution in [3.8, 4) is 0 Å². The summed E-state index contributed by atoms with van der Waals surface area (Å²) >= 11 is 0. The topological polar surface area (TPSA) is 45.2 Å². The maximum Gasteiger partial charge on any atom is 0.223 e. The molecule has 1 aromatic rings. The average Bonchev–Trinajstić information content (AvgIpc) is 2.54. The molecule has 1 saturated heterocycles. The molecule has 1 amide bonds. The van der Waals surface area contributed by atoms with Crippen molar-refractivity contribution in [3.63, 3.8) is 0 Å². The van der Waals surface area contributed by atoms with Crippen LogP contribution in [0, 0.1) is 11.8 Å². The standard InChI is InChI=1S/C17H27N3O.ClH/c1-3-20(13-15-6-9-18-10-7-15)17(21)11-14(2)16-5-4-8-19-12-16;/h6-7,9-10,14,16,19H,3-5,8,11-13H2,1-2H3;1H. The molecule has 124 valence electrons. The van der Waals surface area contributed by atoms with E-state index in [0.717, 1.165) is 25.2 Å². The van der Waals surface area contributed by atoms with Crippen molar-refractivity contribution in [1.82, 2.24) is 15.2 Å². The molecule has 0 aromatic carbocycles. The summed E-state index contributed by atoms with van der Waals surface area (Å²) in [5, 5.41) is 3.44. The van der Waals surface area contributed by atoms with E-state index in [9.17, 15) is 4.79 Å². The van der Waals surface area contributed by atoms with Gasteiger partial charge in [-0.15, -0.1) is 12.4 Å². The van der Waals surface area contributed by atoms with Crippen LogP contribution in [0.1, 0.15) is 38.7 Å². The largest absolute Gasteiger partial charge is 0.339 e. The summed E-state index contributed by atoms with van der Waals surface area (Å²) in [5.74, 6) is 1.37. The van der Waals surface area contributed by atoms with Crippen LogP contribution in [-0.4, -0.2) is 35.4 Å². The average molecular weight is 326 g/mol. The van der Waals surface area contributed by atoms with Gasteiger partial charge in [-0.25, -0.2) is 0 Å². The molecule has 0 saturated carbocycles. The quantitative estimate of drug-likeness (QED) is 0.874. The predicted molar refractivity (Wildman–Crippen MR) is 92.0 cm³/mol. The van der Waals surface area contributed by atoms with Gasteiger partial charge in [0.25, 0.3) is 0 Å². The molecule has 1 aliphatic rings. The second-order valence-corrected chi connectivity index (χ2v) is 6.05. The summed E-state index contributed by atoms with van der Waals surface area (Å²) < 4.78 is 0. The lowest BCUT2D eigenvalue weighted by atomic mass is 9.85. The molecule has 0 aliphatic carbocycles. The molecule has 0 radical (unpaired) electrons. The van der Waals surface area contributed by atoms with Crippen molar-refractivity contribution >= 4 is 18.3 Å². The maximum atomic E-state index is 12.5. The number of nitrogens with zero attached hydrogens (tertiary/aromatic N) is 2. The van der Waals surface area contributed by atoms with E-state index >= 15 is 0 Å². The molecule has 0 spiro atoms. The monoisotopic (exact) mass is 325 g/mol. The molecule has 5 heteroatoms. The van der Waals surface area contributed by atoms with E-state index in [4.69, 9.17) is 0 Å². The van der Waals surface area contributed by atoms with Gasteiger partial charge in [0, 0.05) is 31.9 Å². The number of piperidine rings is 1. The van der Waals surface area contributed by atoms with Crippen molar-refractivity contribution in [2.24, 2.45) is 11.8 Å². The minimum absolute atomic E-state index is 0. The lowest BCUT2D eigenvalue weighted by Gasteiger charge is -2.30. The van der Waals surface area contributed by atoms with Gasteiger partial charge >= 0.3 is 0 Å². The number of rotatable bonds is 6. The number of pyridine rings is 1. The fourth-order valence-corrected chi connectivity index (χ4v) is 3.02. The first kappa shape index (κ1) is 18.9. The second kappa shape index (κ2) is 9.80. The molecule has 22 heavy (non-hydrogen) atoms. The number of aromatic nitrogens is 1. The van der Waals surface area contributed by atoms with Gasteiger partial charge in [0.05, 0.1) is 0 Å². The molecule has 2 unspecified atom stereocenters. The minimum atomic E-state index is 0. The first-order valence-electron chi connectivity index (χ1n) is 8.08. The third-order valence-electron chi connectivity index (χ3n) is 4.49.